The Hall–Kier alpha value is -2.15. The lowest BCUT2D eigenvalue weighted by molar-refractivity contribution is -0.145. The molecule has 1 rings (SSSR count). The number of aromatic hydroxyl groups is 1. The topological polar surface area (TPSA) is 111 Å². The van der Waals surface area contributed by atoms with Crippen molar-refractivity contribution in [2.24, 2.45) is 11.1 Å². The molecule has 0 fully saturated rings. The predicted octanol–water partition coefficient (Wildman–Crippen LogP) is 1.28. The van der Waals surface area contributed by atoms with Gasteiger partial charge in [-0.3, -0.25) is 4.79 Å². The maximum atomic E-state index is 11.6. The summed E-state index contributed by atoms with van der Waals surface area (Å²) in [5.74, 6) is -0.315. The number of benzene rings is 1. The number of carbonyl (C=O) groups is 1. The normalized spacial score (nSPS) is 11.7. The van der Waals surface area contributed by atoms with Crippen molar-refractivity contribution in [3.8, 4) is 5.75 Å². The molecule has 0 saturated heterocycles. The van der Waals surface area contributed by atoms with Crippen molar-refractivity contribution in [3.05, 3.63) is 34.7 Å². The summed E-state index contributed by atoms with van der Waals surface area (Å²) >= 11 is 0. The van der Waals surface area contributed by atoms with E-state index in [1.165, 1.54) is 12.1 Å². The van der Waals surface area contributed by atoms with Crippen molar-refractivity contribution in [2.45, 2.75) is 25.3 Å². The molecule has 0 bridgehead atoms. The van der Waals surface area contributed by atoms with Crippen molar-refractivity contribution in [2.75, 3.05) is 13.2 Å². The van der Waals surface area contributed by atoms with Gasteiger partial charge in [0, 0.05) is 0 Å². The van der Waals surface area contributed by atoms with E-state index in [2.05, 4.69) is 10.2 Å². The number of phenolic OH excluding ortho intramolecular Hbond substituents is 1. The van der Waals surface area contributed by atoms with Crippen LogP contribution in [-0.4, -0.2) is 30.3 Å². The van der Waals surface area contributed by atoms with E-state index in [-0.39, 0.29) is 19.0 Å². The Morgan fingerprint density at radius 3 is 2.55 bits per heavy atom. The maximum Gasteiger partial charge on any atom is 0.323 e. The molecule has 0 aliphatic rings. The monoisotopic (exact) mass is 282 g/mol. The third-order valence-electron chi connectivity index (χ3n) is 2.62. The van der Waals surface area contributed by atoms with Gasteiger partial charge in [0.25, 0.3) is 0 Å². The van der Waals surface area contributed by atoms with Crippen LogP contribution in [0.4, 0.5) is 0 Å². The lowest BCUT2D eigenvalue weighted by atomic mass is 10.1. The van der Waals surface area contributed by atoms with Crippen LogP contribution in [0.2, 0.25) is 0 Å². The van der Waals surface area contributed by atoms with Crippen LogP contribution >= 0.6 is 0 Å². The first kappa shape index (κ1) is 15.9. The number of rotatable bonds is 9. The number of hydrogen-bond acceptors (Lipinski definition) is 7. The highest BCUT2D eigenvalue weighted by Crippen LogP contribution is 2.11. The second-order valence-electron chi connectivity index (χ2n) is 4.26. The summed E-state index contributed by atoms with van der Waals surface area (Å²) in [4.78, 5) is 25.5. The van der Waals surface area contributed by atoms with Crippen LogP contribution in [0.25, 0.3) is 0 Å². The average Bonchev–Trinajstić information content (AvgIpc) is 2.45. The fourth-order valence-electron chi connectivity index (χ4n) is 1.56. The van der Waals surface area contributed by atoms with E-state index in [1.807, 2.05) is 0 Å². The smallest absolute Gasteiger partial charge is 0.323 e. The zero-order valence-corrected chi connectivity index (χ0v) is 11.0. The standard InChI is InChI=1S/C13H18N2O5/c14-12(9-10-3-5-11(16)6-4-10)13(17)19-7-1-2-8-20-15-18/h3-6,12,16H,1-2,7-9,14H2/t12-/m0/s1. The third kappa shape index (κ3) is 6.14. The summed E-state index contributed by atoms with van der Waals surface area (Å²) in [5, 5.41) is 11.4. The van der Waals surface area contributed by atoms with Crippen LogP contribution in [0.1, 0.15) is 18.4 Å². The Morgan fingerprint density at radius 1 is 1.25 bits per heavy atom. The minimum Gasteiger partial charge on any atom is -0.508 e. The number of carbonyl (C=O) groups excluding carboxylic acids is 1. The maximum absolute atomic E-state index is 11.6. The van der Waals surface area contributed by atoms with Gasteiger partial charge in [0.15, 0.2) is 5.34 Å². The largest absolute Gasteiger partial charge is 0.508 e. The van der Waals surface area contributed by atoms with Gasteiger partial charge in [0.05, 0.1) is 6.61 Å². The first-order valence-electron chi connectivity index (χ1n) is 6.28. The SMILES string of the molecule is N[C@@H](Cc1ccc(O)cc1)C(=O)OCCCCON=O. The van der Waals surface area contributed by atoms with E-state index in [9.17, 15) is 9.70 Å². The Balaban J connectivity index is 2.22. The molecule has 0 amide bonds. The molecule has 20 heavy (non-hydrogen) atoms. The molecule has 1 aromatic carbocycles. The van der Waals surface area contributed by atoms with Gasteiger partial charge in [-0.25, -0.2) is 0 Å². The highest BCUT2D eigenvalue weighted by Gasteiger charge is 2.15. The minimum absolute atomic E-state index is 0.164. The molecule has 110 valence electrons. The zero-order valence-electron chi connectivity index (χ0n) is 11.0. The van der Waals surface area contributed by atoms with Gasteiger partial charge in [-0.1, -0.05) is 12.1 Å². The molecule has 3 N–H and O–H groups in total. The quantitative estimate of drug-likeness (QED) is 0.305. The summed E-state index contributed by atoms with van der Waals surface area (Å²) in [7, 11) is 0. The van der Waals surface area contributed by atoms with Crippen molar-refractivity contribution < 1.29 is 19.5 Å². The number of nitrogens with zero attached hydrogens (tertiary/aromatic N) is 1. The van der Waals surface area contributed by atoms with Gasteiger partial charge in [-0.05, 0) is 37.0 Å². The van der Waals surface area contributed by atoms with E-state index in [0.717, 1.165) is 5.56 Å². The zero-order chi connectivity index (χ0) is 14.8. The van der Waals surface area contributed by atoms with Crippen molar-refractivity contribution in [1.82, 2.24) is 0 Å². The fraction of sp³-hybridized carbons (Fsp3) is 0.462. The number of ether oxygens (including phenoxy) is 1. The summed E-state index contributed by atoms with van der Waals surface area (Å²) in [6.07, 6.45) is 1.50. The van der Waals surface area contributed by atoms with E-state index in [1.54, 1.807) is 12.1 Å². The van der Waals surface area contributed by atoms with Crippen LogP contribution in [0.5, 0.6) is 5.75 Å². The van der Waals surface area contributed by atoms with Gasteiger partial charge in [-0.15, -0.1) is 4.91 Å². The molecule has 1 atom stereocenters. The van der Waals surface area contributed by atoms with E-state index < -0.39 is 12.0 Å². The highest BCUT2D eigenvalue weighted by molar-refractivity contribution is 5.75. The number of esters is 1. The van der Waals surface area contributed by atoms with Gasteiger partial charge >= 0.3 is 5.97 Å². The molecule has 7 nitrogen and oxygen atoms in total. The molecule has 7 heteroatoms. The molecular formula is C13H18N2O5. The summed E-state index contributed by atoms with van der Waals surface area (Å²) in [6, 6.07) is 5.73. The Kier molecular flexibility index (Phi) is 7.05. The van der Waals surface area contributed by atoms with E-state index in [4.69, 9.17) is 15.6 Å². The van der Waals surface area contributed by atoms with Crippen molar-refractivity contribution >= 4 is 5.97 Å². The number of phenols is 1. The van der Waals surface area contributed by atoms with Gasteiger partial charge < -0.3 is 20.4 Å². The minimum atomic E-state index is -0.743. The number of unbranched alkanes of at least 4 members (excludes halogenated alkanes) is 1. The molecule has 0 spiro atoms. The first-order valence-corrected chi connectivity index (χ1v) is 6.28. The lowest BCUT2D eigenvalue weighted by Crippen LogP contribution is -2.34. The van der Waals surface area contributed by atoms with Crippen molar-refractivity contribution in [1.29, 1.82) is 0 Å². The molecular weight excluding hydrogens is 264 g/mol. The van der Waals surface area contributed by atoms with Crippen LogP contribution in [0.3, 0.4) is 0 Å². The highest BCUT2D eigenvalue weighted by atomic mass is 16.7. The Morgan fingerprint density at radius 2 is 1.90 bits per heavy atom. The molecule has 0 saturated carbocycles. The van der Waals surface area contributed by atoms with Crippen LogP contribution in [0.15, 0.2) is 29.6 Å². The predicted molar refractivity (Wildman–Crippen MR) is 71.7 cm³/mol. The number of hydrogen-bond donors (Lipinski definition) is 2. The van der Waals surface area contributed by atoms with Crippen molar-refractivity contribution in [3.63, 3.8) is 0 Å². The fourth-order valence-corrected chi connectivity index (χ4v) is 1.56. The van der Waals surface area contributed by atoms with Gasteiger partial charge in [0.2, 0.25) is 0 Å². The molecule has 0 heterocycles. The Labute approximate surface area is 116 Å². The summed E-state index contributed by atoms with van der Waals surface area (Å²) in [5.41, 5.74) is 6.58. The van der Waals surface area contributed by atoms with E-state index in [0.29, 0.717) is 19.3 Å². The molecule has 0 radical (unpaired) electrons. The molecule has 0 aromatic heterocycles. The summed E-state index contributed by atoms with van der Waals surface area (Å²) in [6.45, 7) is 0.435. The second kappa shape index (κ2) is 8.87. The lowest BCUT2D eigenvalue weighted by Gasteiger charge is -2.11. The molecule has 0 aliphatic carbocycles. The third-order valence-corrected chi connectivity index (χ3v) is 2.62. The second-order valence-corrected chi connectivity index (χ2v) is 4.26. The van der Waals surface area contributed by atoms with E-state index >= 15 is 0 Å². The first-order chi connectivity index (χ1) is 9.63. The van der Waals surface area contributed by atoms with Crippen LogP contribution in [-0.2, 0) is 20.8 Å². The average molecular weight is 282 g/mol. The van der Waals surface area contributed by atoms with Gasteiger partial charge in [-0.2, -0.15) is 0 Å². The summed E-state index contributed by atoms with van der Waals surface area (Å²) < 4.78 is 5.00. The van der Waals surface area contributed by atoms with Crippen LogP contribution < -0.4 is 5.73 Å². The van der Waals surface area contributed by atoms with Gasteiger partial charge in [0.1, 0.15) is 18.4 Å². The molecule has 1 aromatic rings. The molecule has 0 unspecified atom stereocenters. The Bertz CT molecular complexity index is 421. The number of nitrogens with two attached hydrogens (primary N) is 1. The van der Waals surface area contributed by atoms with Crippen LogP contribution in [0, 0.1) is 4.91 Å². The molecule has 0 aliphatic heterocycles.